The van der Waals surface area contributed by atoms with E-state index in [2.05, 4.69) is 0 Å². The zero-order chi connectivity index (χ0) is 14.5. The number of carboxylic acid groups (broad SMARTS) is 1. The molecule has 0 radical (unpaired) electrons. The second kappa shape index (κ2) is 5.85. The van der Waals surface area contributed by atoms with Crippen molar-refractivity contribution in [1.29, 1.82) is 5.26 Å². The first-order chi connectivity index (χ1) is 9.60. The monoisotopic (exact) mass is 271 g/mol. The van der Waals surface area contributed by atoms with E-state index in [0.29, 0.717) is 0 Å². The molecule has 0 saturated carbocycles. The molecule has 0 fully saturated rings. The van der Waals surface area contributed by atoms with Crippen LogP contribution in [0.5, 0.6) is 5.75 Å². The van der Waals surface area contributed by atoms with Crippen molar-refractivity contribution in [2.75, 3.05) is 0 Å². The van der Waals surface area contributed by atoms with Crippen molar-refractivity contribution in [2.45, 2.75) is 6.61 Å². The van der Waals surface area contributed by atoms with Crippen LogP contribution in [0.15, 0.2) is 42.5 Å². The van der Waals surface area contributed by atoms with Crippen molar-refractivity contribution < 1.29 is 19.0 Å². The van der Waals surface area contributed by atoms with E-state index in [1.807, 2.05) is 6.07 Å². The third kappa shape index (κ3) is 3.12. The predicted octanol–water partition coefficient (Wildman–Crippen LogP) is 2.97. The minimum absolute atomic E-state index is 0.0475. The summed E-state index contributed by atoms with van der Waals surface area (Å²) in [5.74, 6) is -1.56. The van der Waals surface area contributed by atoms with Gasteiger partial charge in [0, 0.05) is 0 Å². The number of benzene rings is 2. The van der Waals surface area contributed by atoms with E-state index in [4.69, 9.17) is 15.1 Å². The van der Waals surface area contributed by atoms with E-state index in [1.54, 1.807) is 12.1 Å². The summed E-state index contributed by atoms with van der Waals surface area (Å²) in [6, 6.07) is 11.9. The minimum Gasteiger partial charge on any atom is -0.486 e. The van der Waals surface area contributed by atoms with Crippen LogP contribution < -0.4 is 4.74 Å². The fraction of sp³-hybridized carbons (Fsp3) is 0.0667. The molecule has 0 aliphatic heterocycles. The number of aromatic carboxylic acids is 1. The third-order valence-corrected chi connectivity index (χ3v) is 2.66. The molecule has 4 nitrogen and oxygen atoms in total. The van der Waals surface area contributed by atoms with Crippen LogP contribution in [-0.2, 0) is 6.61 Å². The van der Waals surface area contributed by atoms with Crippen molar-refractivity contribution in [3.63, 3.8) is 0 Å². The quantitative estimate of drug-likeness (QED) is 0.928. The number of carboxylic acids is 1. The summed E-state index contributed by atoms with van der Waals surface area (Å²) in [4.78, 5) is 10.7. The van der Waals surface area contributed by atoms with Crippen LogP contribution in [0.3, 0.4) is 0 Å². The number of carbonyl (C=O) groups is 1. The Balaban J connectivity index is 2.05. The Morgan fingerprint density at radius 2 is 1.95 bits per heavy atom. The first kappa shape index (κ1) is 13.6. The van der Waals surface area contributed by atoms with Crippen molar-refractivity contribution >= 4 is 5.97 Å². The highest BCUT2D eigenvalue weighted by Crippen LogP contribution is 2.19. The standard InChI is InChI=1S/C15H10FNO3/c16-13-7-11(8-17)3-6-14(13)20-9-10-1-4-12(5-2-10)15(18)19/h1-7H,9H2,(H,18,19). The maximum absolute atomic E-state index is 13.6. The molecule has 5 heteroatoms. The van der Waals surface area contributed by atoms with Gasteiger partial charge >= 0.3 is 5.97 Å². The van der Waals surface area contributed by atoms with Gasteiger partial charge in [0.2, 0.25) is 0 Å². The third-order valence-electron chi connectivity index (χ3n) is 2.66. The number of ether oxygens (including phenoxy) is 1. The molecule has 0 aromatic heterocycles. The van der Waals surface area contributed by atoms with Crippen molar-refractivity contribution in [3.05, 3.63) is 65.0 Å². The van der Waals surface area contributed by atoms with Gasteiger partial charge in [0.25, 0.3) is 0 Å². The van der Waals surface area contributed by atoms with Crippen LogP contribution in [0.4, 0.5) is 4.39 Å². The molecule has 0 unspecified atom stereocenters. The van der Waals surface area contributed by atoms with Gasteiger partial charge in [0.1, 0.15) is 6.61 Å². The van der Waals surface area contributed by atoms with E-state index < -0.39 is 11.8 Å². The molecular formula is C15H10FNO3. The van der Waals surface area contributed by atoms with Crippen molar-refractivity contribution in [2.24, 2.45) is 0 Å². The maximum Gasteiger partial charge on any atom is 0.335 e. The summed E-state index contributed by atoms with van der Waals surface area (Å²) in [5, 5.41) is 17.4. The van der Waals surface area contributed by atoms with Gasteiger partial charge in [-0.15, -0.1) is 0 Å². The molecule has 0 saturated heterocycles. The molecule has 100 valence electrons. The number of nitriles is 1. The van der Waals surface area contributed by atoms with Crippen molar-refractivity contribution in [1.82, 2.24) is 0 Å². The Bertz CT molecular complexity index is 675. The smallest absolute Gasteiger partial charge is 0.335 e. The average Bonchev–Trinajstić information content (AvgIpc) is 2.46. The molecule has 0 bridgehead atoms. The van der Waals surface area contributed by atoms with E-state index >= 15 is 0 Å². The SMILES string of the molecule is N#Cc1ccc(OCc2ccc(C(=O)O)cc2)c(F)c1. The Labute approximate surface area is 114 Å². The Morgan fingerprint density at radius 3 is 2.50 bits per heavy atom. The lowest BCUT2D eigenvalue weighted by Crippen LogP contribution is -2.00. The zero-order valence-electron chi connectivity index (χ0n) is 10.3. The summed E-state index contributed by atoms with van der Waals surface area (Å²) in [7, 11) is 0. The maximum atomic E-state index is 13.6. The molecular weight excluding hydrogens is 261 g/mol. The van der Waals surface area contributed by atoms with Crippen molar-refractivity contribution in [3.8, 4) is 11.8 Å². The lowest BCUT2D eigenvalue weighted by atomic mass is 10.1. The second-order valence-corrected chi connectivity index (χ2v) is 4.05. The van der Waals surface area contributed by atoms with Gasteiger partial charge in [0.05, 0.1) is 17.2 Å². The van der Waals surface area contributed by atoms with E-state index in [-0.39, 0.29) is 23.5 Å². The minimum atomic E-state index is -1.00. The van der Waals surface area contributed by atoms with Gasteiger partial charge in [-0.25, -0.2) is 9.18 Å². The van der Waals surface area contributed by atoms with Gasteiger partial charge in [-0.3, -0.25) is 0 Å². The van der Waals surface area contributed by atoms with Gasteiger partial charge in [-0.1, -0.05) is 12.1 Å². The molecule has 0 aliphatic rings. The lowest BCUT2D eigenvalue weighted by Gasteiger charge is -2.07. The van der Waals surface area contributed by atoms with Gasteiger partial charge in [0.15, 0.2) is 11.6 Å². The van der Waals surface area contributed by atoms with E-state index in [0.717, 1.165) is 11.6 Å². The summed E-state index contributed by atoms with van der Waals surface area (Å²) in [5.41, 5.74) is 1.12. The van der Waals surface area contributed by atoms with Crippen LogP contribution >= 0.6 is 0 Å². The summed E-state index contributed by atoms with van der Waals surface area (Å²) in [6.07, 6.45) is 0. The lowest BCUT2D eigenvalue weighted by molar-refractivity contribution is 0.0697. The topological polar surface area (TPSA) is 70.3 Å². The van der Waals surface area contributed by atoms with Crippen LogP contribution in [0.2, 0.25) is 0 Å². The molecule has 2 aromatic rings. The van der Waals surface area contributed by atoms with Gasteiger partial charge in [-0.05, 0) is 35.9 Å². The fourth-order valence-electron chi connectivity index (χ4n) is 1.59. The highest BCUT2D eigenvalue weighted by Gasteiger charge is 2.06. The Kier molecular flexibility index (Phi) is 3.96. The zero-order valence-corrected chi connectivity index (χ0v) is 10.3. The highest BCUT2D eigenvalue weighted by atomic mass is 19.1. The molecule has 0 amide bonds. The Hall–Kier alpha value is -2.87. The summed E-state index contributed by atoms with van der Waals surface area (Å²) in [6.45, 7) is 0.114. The normalized spacial score (nSPS) is 9.80. The summed E-state index contributed by atoms with van der Waals surface area (Å²) < 4.78 is 18.8. The number of nitrogens with zero attached hydrogens (tertiary/aromatic N) is 1. The molecule has 0 heterocycles. The molecule has 2 rings (SSSR count). The number of hydrogen-bond acceptors (Lipinski definition) is 3. The molecule has 2 aromatic carbocycles. The second-order valence-electron chi connectivity index (χ2n) is 4.05. The van der Waals surface area contributed by atoms with Crippen LogP contribution in [0.1, 0.15) is 21.5 Å². The molecule has 0 aliphatic carbocycles. The first-order valence-electron chi connectivity index (χ1n) is 5.75. The van der Waals surface area contributed by atoms with Crippen LogP contribution in [0, 0.1) is 17.1 Å². The van der Waals surface area contributed by atoms with Crippen LogP contribution in [0.25, 0.3) is 0 Å². The Morgan fingerprint density at radius 1 is 1.25 bits per heavy atom. The average molecular weight is 271 g/mol. The molecule has 0 atom stereocenters. The molecule has 1 N–H and O–H groups in total. The molecule has 20 heavy (non-hydrogen) atoms. The number of rotatable bonds is 4. The van der Waals surface area contributed by atoms with Crippen LogP contribution in [-0.4, -0.2) is 11.1 Å². The largest absolute Gasteiger partial charge is 0.486 e. The number of hydrogen-bond donors (Lipinski definition) is 1. The summed E-state index contributed by atoms with van der Waals surface area (Å²) >= 11 is 0. The van der Waals surface area contributed by atoms with Gasteiger partial charge in [-0.2, -0.15) is 5.26 Å². The molecule has 0 spiro atoms. The highest BCUT2D eigenvalue weighted by molar-refractivity contribution is 5.87. The first-order valence-corrected chi connectivity index (χ1v) is 5.75. The fourth-order valence-corrected chi connectivity index (χ4v) is 1.59. The van der Waals surface area contributed by atoms with Gasteiger partial charge < -0.3 is 9.84 Å². The predicted molar refractivity (Wildman–Crippen MR) is 68.8 cm³/mol. The van der Waals surface area contributed by atoms with E-state index in [9.17, 15) is 9.18 Å². The number of halogens is 1. The van der Waals surface area contributed by atoms with E-state index in [1.165, 1.54) is 24.3 Å².